The highest BCUT2D eigenvalue weighted by Gasteiger charge is 2.37. The Labute approximate surface area is 160 Å². The van der Waals surface area contributed by atoms with Crippen molar-refractivity contribution in [1.29, 1.82) is 0 Å². The van der Waals surface area contributed by atoms with Crippen LogP contribution >= 0.6 is 0 Å². The standard InChI is InChI=1S/C20H30N4O3/c1-22(2)13-19(25)21-17-3-4-18-15-9-14(11-24(18)20(17)26)10-23(12-15)16-5-7-27-8-6-16/h3-4,14-16H,5-13H2,1-2H3,(H,21,25)/t14-,15+/m0/s1. The lowest BCUT2D eigenvalue weighted by Crippen LogP contribution is -2.51. The number of nitrogens with one attached hydrogen (secondary N) is 1. The third kappa shape index (κ3) is 3.95. The Morgan fingerprint density at radius 3 is 2.74 bits per heavy atom. The molecular weight excluding hydrogens is 344 g/mol. The minimum absolute atomic E-state index is 0.0613. The monoisotopic (exact) mass is 374 g/mol. The zero-order valence-corrected chi connectivity index (χ0v) is 16.3. The molecule has 2 atom stereocenters. The van der Waals surface area contributed by atoms with Crippen LogP contribution in [0.5, 0.6) is 0 Å². The number of carbonyl (C=O) groups excluding carboxylic acids is 1. The SMILES string of the molecule is CN(C)CC(=O)Nc1ccc2n(c1=O)C[C@H]1C[C@@H]2CN(C2CCOCC2)C1. The minimum Gasteiger partial charge on any atom is -0.381 e. The van der Waals surface area contributed by atoms with E-state index in [0.29, 0.717) is 23.6 Å². The number of aromatic nitrogens is 1. The number of amides is 1. The molecule has 0 radical (unpaired) electrons. The summed E-state index contributed by atoms with van der Waals surface area (Å²) in [4.78, 5) is 29.4. The van der Waals surface area contributed by atoms with Crippen LogP contribution in [0.2, 0.25) is 0 Å². The molecule has 7 nitrogen and oxygen atoms in total. The molecule has 1 aromatic rings. The molecule has 148 valence electrons. The lowest BCUT2D eigenvalue weighted by molar-refractivity contribution is -0.116. The second-order valence-corrected chi connectivity index (χ2v) is 8.47. The fraction of sp³-hybridized carbons (Fsp3) is 0.700. The van der Waals surface area contributed by atoms with E-state index < -0.39 is 0 Å². The summed E-state index contributed by atoms with van der Waals surface area (Å²) >= 11 is 0. The van der Waals surface area contributed by atoms with Gasteiger partial charge in [0.2, 0.25) is 5.91 Å². The smallest absolute Gasteiger partial charge is 0.274 e. The van der Waals surface area contributed by atoms with Crippen molar-refractivity contribution in [3.8, 4) is 0 Å². The maximum absolute atomic E-state index is 13.0. The summed E-state index contributed by atoms with van der Waals surface area (Å²) in [6.07, 6.45) is 3.39. The Hall–Kier alpha value is -1.70. The Bertz CT molecular complexity index is 754. The van der Waals surface area contributed by atoms with Gasteiger partial charge in [-0.15, -0.1) is 0 Å². The number of fused-ring (bicyclic) bond motifs is 4. The number of pyridine rings is 1. The molecule has 0 saturated carbocycles. The van der Waals surface area contributed by atoms with Crippen LogP contribution in [-0.2, 0) is 16.1 Å². The minimum atomic E-state index is -0.153. The number of ether oxygens (including phenoxy) is 1. The average Bonchev–Trinajstić information content (AvgIpc) is 2.64. The molecular formula is C20H30N4O3. The molecule has 4 heterocycles. The van der Waals surface area contributed by atoms with E-state index in [0.717, 1.165) is 57.8 Å². The summed E-state index contributed by atoms with van der Waals surface area (Å²) in [7, 11) is 3.68. The molecule has 2 bridgehead atoms. The topological polar surface area (TPSA) is 66.8 Å². The Balaban J connectivity index is 1.52. The van der Waals surface area contributed by atoms with Crippen LogP contribution in [-0.4, -0.2) is 73.3 Å². The fourth-order valence-electron chi connectivity index (χ4n) is 4.90. The Morgan fingerprint density at radius 2 is 2.00 bits per heavy atom. The first-order valence-corrected chi connectivity index (χ1v) is 10.0. The van der Waals surface area contributed by atoms with Crippen molar-refractivity contribution in [3.05, 3.63) is 28.2 Å². The van der Waals surface area contributed by atoms with Crippen molar-refractivity contribution < 1.29 is 9.53 Å². The van der Waals surface area contributed by atoms with Gasteiger partial charge in [0.25, 0.3) is 5.56 Å². The number of likely N-dealkylation sites (N-methyl/N-ethyl adjacent to an activating group) is 1. The predicted molar refractivity (Wildman–Crippen MR) is 104 cm³/mol. The molecule has 2 fully saturated rings. The maximum atomic E-state index is 13.0. The van der Waals surface area contributed by atoms with E-state index >= 15 is 0 Å². The zero-order chi connectivity index (χ0) is 19.0. The van der Waals surface area contributed by atoms with E-state index in [1.54, 1.807) is 11.0 Å². The van der Waals surface area contributed by atoms with E-state index in [-0.39, 0.29) is 18.0 Å². The molecule has 7 heteroatoms. The van der Waals surface area contributed by atoms with Gasteiger partial charge in [0.05, 0.1) is 6.54 Å². The van der Waals surface area contributed by atoms with Crippen molar-refractivity contribution in [2.75, 3.05) is 52.3 Å². The van der Waals surface area contributed by atoms with E-state index in [9.17, 15) is 9.59 Å². The number of rotatable bonds is 4. The van der Waals surface area contributed by atoms with E-state index in [1.165, 1.54) is 0 Å². The molecule has 4 rings (SSSR count). The van der Waals surface area contributed by atoms with Crippen LogP contribution in [0, 0.1) is 5.92 Å². The van der Waals surface area contributed by atoms with Gasteiger partial charge in [0, 0.05) is 50.5 Å². The molecule has 3 aliphatic rings. The molecule has 0 aromatic carbocycles. The summed E-state index contributed by atoms with van der Waals surface area (Å²) in [6, 6.07) is 4.45. The normalized spacial score (nSPS) is 26.0. The Morgan fingerprint density at radius 1 is 1.22 bits per heavy atom. The summed E-state index contributed by atoms with van der Waals surface area (Å²) < 4.78 is 7.42. The maximum Gasteiger partial charge on any atom is 0.274 e. The van der Waals surface area contributed by atoms with Crippen molar-refractivity contribution in [1.82, 2.24) is 14.4 Å². The zero-order valence-electron chi connectivity index (χ0n) is 16.3. The van der Waals surface area contributed by atoms with Crippen molar-refractivity contribution >= 4 is 11.6 Å². The second-order valence-electron chi connectivity index (χ2n) is 8.47. The number of anilines is 1. The molecule has 1 amide bonds. The van der Waals surface area contributed by atoms with Gasteiger partial charge >= 0.3 is 0 Å². The highest BCUT2D eigenvalue weighted by atomic mass is 16.5. The van der Waals surface area contributed by atoms with Gasteiger partial charge in [-0.1, -0.05) is 0 Å². The lowest BCUT2D eigenvalue weighted by Gasteiger charge is -2.46. The number of nitrogens with zero attached hydrogens (tertiary/aromatic N) is 3. The summed E-state index contributed by atoms with van der Waals surface area (Å²) in [6.45, 7) is 4.83. The number of hydrogen-bond donors (Lipinski definition) is 1. The molecule has 27 heavy (non-hydrogen) atoms. The molecule has 3 aliphatic heterocycles. The molecule has 1 N–H and O–H groups in total. The van der Waals surface area contributed by atoms with Gasteiger partial charge < -0.3 is 19.5 Å². The average molecular weight is 374 g/mol. The van der Waals surface area contributed by atoms with E-state index in [1.807, 2.05) is 24.7 Å². The number of carbonyl (C=O) groups is 1. The van der Waals surface area contributed by atoms with Crippen LogP contribution in [0.1, 0.15) is 30.9 Å². The van der Waals surface area contributed by atoms with Crippen LogP contribution < -0.4 is 10.9 Å². The number of piperidine rings is 1. The highest BCUT2D eigenvalue weighted by Crippen LogP contribution is 2.37. The summed E-state index contributed by atoms with van der Waals surface area (Å²) in [5.41, 5.74) is 1.46. The predicted octanol–water partition coefficient (Wildman–Crippen LogP) is 0.947. The van der Waals surface area contributed by atoms with Crippen molar-refractivity contribution in [2.45, 2.75) is 37.8 Å². The van der Waals surface area contributed by atoms with Crippen LogP contribution in [0.3, 0.4) is 0 Å². The van der Waals surface area contributed by atoms with Crippen molar-refractivity contribution in [3.63, 3.8) is 0 Å². The van der Waals surface area contributed by atoms with Gasteiger partial charge in [-0.25, -0.2) is 0 Å². The van der Waals surface area contributed by atoms with Crippen LogP contribution in [0.4, 0.5) is 5.69 Å². The van der Waals surface area contributed by atoms with Crippen LogP contribution in [0.15, 0.2) is 16.9 Å². The van der Waals surface area contributed by atoms with Gasteiger partial charge in [0.15, 0.2) is 0 Å². The highest BCUT2D eigenvalue weighted by molar-refractivity contribution is 5.92. The van der Waals surface area contributed by atoms with Gasteiger partial charge in [-0.3, -0.25) is 14.5 Å². The fourth-order valence-corrected chi connectivity index (χ4v) is 4.90. The molecule has 0 unspecified atom stereocenters. The molecule has 1 aromatic heterocycles. The van der Waals surface area contributed by atoms with Crippen molar-refractivity contribution in [2.24, 2.45) is 5.92 Å². The lowest BCUT2D eigenvalue weighted by atomic mass is 9.82. The van der Waals surface area contributed by atoms with Gasteiger partial charge in [0.1, 0.15) is 5.69 Å². The first kappa shape index (κ1) is 18.7. The quantitative estimate of drug-likeness (QED) is 0.850. The van der Waals surface area contributed by atoms with Crippen LogP contribution in [0.25, 0.3) is 0 Å². The molecule has 0 spiro atoms. The molecule has 2 saturated heterocycles. The number of hydrogen-bond acceptors (Lipinski definition) is 5. The van der Waals surface area contributed by atoms with Gasteiger partial charge in [-0.2, -0.15) is 0 Å². The molecule has 0 aliphatic carbocycles. The summed E-state index contributed by atoms with van der Waals surface area (Å²) in [5.74, 6) is 0.753. The van der Waals surface area contributed by atoms with E-state index in [2.05, 4.69) is 10.2 Å². The summed E-state index contributed by atoms with van der Waals surface area (Å²) in [5, 5.41) is 2.78. The third-order valence-corrected chi connectivity index (χ3v) is 6.07. The first-order chi connectivity index (χ1) is 13.0. The Kier molecular flexibility index (Phi) is 5.34. The van der Waals surface area contributed by atoms with Gasteiger partial charge in [-0.05, 0) is 51.4 Å². The third-order valence-electron chi connectivity index (χ3n) is 6.07. The van der Waals surface area contributed by atoms with E-state index in [4.69, 9.17) is 4.74 Å². The number of likely N-dealkylation sites (tertiary alicyclic amines) is 1. The largest absolute Gasteiger partial charge is 0.381 e. The second kappa shape index (κ2) is 7.73. The first-order valence-electron chi connectivity index (χ1n) is 10.0.